The van der Waals surface area contributed by atoms with Gasteiger partial charge in [-0.05, 0) is 55.5 Å². The highest BCUT2D eigenvalue weighted by Crippen LogP contribution is 2.41. The molecule has 1 fully saturated rings. The van der Waals surface area contributed by atoms with Gasteiger partial charge in [-0.25, -0.2) is 4.39 Å². The van der Waals surface area contributed by atoms with Crippen molar-refractivity contribution in [2.24, 2.45) is 0 Å². The summed E-state index contributed by atoms with van der Waals surface area (Å²) >= 11 is 5.55. The molecule has 2 N–H and O–H groups in total. The Kier molecular flexibility index (Phi) is 3.97. The summed E-state index contributed by atoms with van der Waals surface area (Å²) in [5.74, 6) is -0.304. The van der Waals surface area contributed by atoms with Crippen LogP contribution in [0.5, 0.6) is 0 Å². The SMILES string of the molecule is Cc1ccc([C@H]2[C@@H](c3ccccn3)NC(=S)N2c2ccccc2F)[nH]1. The fourth-order valence-electron chi connectivity index (χ4n) is 3.28. The highest BCUT2D eigenvalue weighted by atomic mass is 32.1. The van der Waals surface area contributed by atoms with Crippen molar-refractivity contribution in [1.82, 2.24) is 15.3 Å². The van der Waals surface area contributed by atoms with E-state index in [9.17, 15) is 4.39 Å². The molecule has 2 atom stereocenters. The highest BCUT2D eigenvalue weighted by Gasteiger charge is 2.42. The van der Waals surface area contributed by atoms with Gasteiger partial charge in [-0.2, -0.15) is 0 Å². The molecule has 1 saturated heterocycles. The van der Waals surface area contributed by atoms with Crippen LogP contribution in [0.3, 0.4) is 0 Å². The zero-order valence-corrected chi connectivity index (χ0v) is 14.4. The van der Waals surface area contributed by atoms with E-state index in [1.807, 2.05) is 48.2 Å². The number of H-pyrrole nitrogens is 1. The number of para-hydroxylation sites is 1. The van der Waals surface area contributed by atoms with Crippen molar-refractivity contribution < 1.29 is 4.39 Å². The molecule has 1 aliphatic rings. The topological polar surface area (TPSA) is 44.0 Å². The normalized spacial score (nSPS) is 19.9. The van der Waals surface area contributed by atoms with E-state index in [2.05, 4.69) is 15.3 Å². The second-order valence-electron chi connectivity index (χ2n) is 6.04. The molecule has 2 aromatic heterocycles. The number of hydrogen-bond donors (Lipinski definition) is 2. The molecule has 0 bridgehead atoms. The van der Waals surface area contributed by atoms with Gasteiger partial charge in [0, 0.05) is 17.6 Å². The predicted octanol–water partition coefficient (Wildman–Crippen LogP) is 4.03. The lowest BCUT2D eigenvalue weighted by Gasteiger charge is -2.27. The molecule has 0 unspecified atom stereocenters. The number of nitrogens with zero attached hydrogens (tertiary/aromatic N) is 2. The number of pyridine rings is 1. The zero-order valence-electron chi connectivity index (χ0n) is 13.6. The average Bonchev–Trinajstić information content (AvgIpc) is 3.19. The molecule has 0 spiro atoms. The number of rotatable bonds is 3. The second-order valence-corrected chi connectivity index (χ2v) is 6.43. The van der Waals surface area contributed by atoms with Crippen molar-refractivity contribution in [3.05, 3.63) is 83.7 Å². The first-order valence-electron chi connectivity index (χ1n) is 8.06. The number of aromatic nitrogens is 2. The molecular formula is C19H17FN4S. The lowest BCUT2D eigenvalue weighted by atomic mass is 10.0. The Bertz CT molecular complexity index is 909. The number of anilines is 1. The minimum Gasteiger partial charge on any atom is -0.361 e. The Morgan fingerprint density at radius 1 is 1.08 bits per heavy atom. The Labute approximate surface area is 150 Å². The number of benzene rings is 1. The summed E-state index contributed by atoms with van der Waals surface area (Å²) in [6, 6.07) is 16.1. The van der Waals surface area contributed by atoms with E-state index in [4.69, 9.17) is 12.2 Å². The number of aromatic amines is 1. The van der Waals surface area contributed by atoms with Crippen LogP contribution in [-0.2, 0) is 0 Å². The van der Waals surface area contributed by atoms with E-state index in [1.54, 1.807) is 18.3 Å². The first-order valence-corrected chi connectivity index (χ1v) is 8.46. The van der Waals surface area contributed by atoms with Crippen LogP contribution in [0.25, 0.3) is 0 Å². The number of halogens is 1. The molecule has 4 nitrogen and oxygen atoms in total. The quantitative estimate of drug-likeness (QED) is 0.699. The summed E-state index contributed by atoms with van der Waals surface area (Å²) in [7, 11) is 0. The van der Waals surface area contributed by atoms with Crippen molar-refractivity contribution in [3.8, 4) is 0 Å². The minimum absolute atomic E-state index is 0.175. The maximum atomic E-state index is 14.5. The van der Waals surface area contributed by atoms with Gasteiger partial charge in [-0.1, -0.05) is 18.2 Å². The Hall–Kier alpha value is -2.73. The third-order valence-corrected chi connectivity index (χ3v) is 4.70. The van der Waals surface area contributed by atoms with Gasteiger partial charge in [0.25, 0.3) is 0 Å². The number of nitrogens with one attached hydrogen (secondary N) is 2. The smallest absolute Gasteiger partial charge is 0.174 e. The predicted molar refractivity (Wildman–Crippen MR) is 99.9 cm³/mol. The van der Waals surface area contributed by atoms with E-state index in [0.717, 1.165) is 17.1 Å². The molecule has 1 aromatic carbocycles. The molecule has 0 aliphatic carbocycles. The molecule has 126 valence electrons. The summed E-state index contributed by atoms with van der Waals surface area (Å²) in [6.07, 6.45) is 1.75. The summed E-state index contributed by atoms with van der Waals surface area (Å²) in [5.41, 5.74) is 3.32. The van der Waals surface area contributed by atoms with Crippen molar-refractivity contribution in [2.45, 2.75) is 19.0 Å². The lowest BCUT2D eigenvalue weighted by molar-refractivity contribution is 0.549. The first-order chi connectivity index (χ1) is 12.1. The fourth-order valence-corrected chi connectivity index (χ4v) is 3.61. The largest absolute Gasteiger partial charge is 0.361 e. The molecule has 3 heterocycles. The van der Waals surface area contributed by atoms with Crippen LogP contribution in [0.2, 0.25) is 0 Å². The van der Waals surface area contributed by atoms with E-state index < -0.39 is 0 Å². The zero-order chi connectivity index (χ0) is 17.4. The monoisotopic (exact) mass is 352 g/mol. The number of aryl methyl sites for hydroxylation is 1. The highest BCUT2D eigenvalue weighted by molar-refractivity contribution is 7.80. The van der Waals surface area contributed by atoms with Gasteiger partial charge >= 0.3 is 0 Å². The van der Waals surface area contributed by atoms with Gasteiger partial charge in [-0.3, -0.25) is 4.98 Å². The van der Waals surface area contributed by atoms with Crippen molar-refractivity contribution in [1.29, 1.82) is 0 Å². The van der Waals surface area contributed by atoms with Crippen molar-refractivity contribution in [2.75, 3.05) is 4.90 Å². The molecule has 3 aromatic rings. The van der Waals surface area contributed by atoms with E-state index in [-0.39, 0.29) is 17.9 Å². The molecular weight excluding hydrogens is 335 g/mol. The Balaban J connectivity index is 1.85. The van der Waals surface area contributed by atoms with E-state index in [1.165, 1.54) is 6.07 Å². The van der Waals surface area contributed by atoms with Gasteiger partial charge < -0.3 is 15.2 Å². The minimum atomic E-state index is -0.304. The fraction of sp³-hybridized carbons (Fsp3) is 0.158. The third-order valence-electron chi connectivity index (χ3n) is 4.38. The van der Waals surface area contributed by atoms with Crippen LogP contribution in [0, 0.1) is 12.7 Å². The van der Waals surface area contributed by atoms with E-state index >= 15 is 0 Å². The van der Waals surface area contributed by atoms with Crippen LogP contribution in [0.15, 0.2) is 60.8 Å². The van der Waals surface area contributed by atoms with E-state index in [0.29, 0.717) is 10.8 Å². The van der Waals surface area contributed by atoms with Crippen molar-refractivity contribution >= 4 is 23.0 Å². The van der Waals surface area contributed by atoms with Crippen LogP contribution in [0.1, 0.15) is 29.2 Å². The standard InChI is InChI=1S/C19H17FN4S/c1-12-9-10-15(22-12)18-17(14-7-4-5-11-21-14)23-19(25)24(18)16-8-3-2-6-13(16)20/h2-11,17-18,22H,1H3,(H,23,25)/t17-,18+/m1/s1. The Morgan fingerprint density at radius 3 is 2.56 bits per heavy atom. The van der Waals surface area contributed by atoms with Crippen LogP contribution >= 0.6 is 12.2 Å². The second kappa shape index (κ2) is 6.29. The third kappa shape index (κ3) is 2.78. The average molecular weight is 352 g/mol. The summed E-state index contributed by atoms with van der Waals surface area (Å²) in [4.78, 5) is 9.67. The van der Waals surface area contributed by atoms with Gasteiger partial charge in [0.2, 0.25) is 0 Å². The first kappa shape index (κ1) is 15.8. The molecule has 25 heavy (non-hydrogen) atoms. The summed E-state index contributed by atoms with van der Waals surface area (Å²) < 4.78 is 14.5. The van der Waals surface area contributed by atoms with Crippen molar-refractivity contribution in [3.63, 3.8) is 0 Å². The number of hydrogen-bond acceptors (Lipinski definition) is 2. The Morgan fingerprint density at radius 2 is 1.88 bits per heavy atom. The maximum absolute atomic E-state index is 14.5. The van der Waals surface area contributed by atoms with Gasteiger partial charge in [0.15, 0.2) is 5.11 Å². The molecule has 0 saturated carbocycles. The van der Waals surface area contributed by atoms with Crippen LogP contribution in [-0.4, -0.2) is 15.1 Å². The molecule has 4 rings (SSSR count). The maximum Gasteiger partial charge on any atom is 0.174 e. The number of thiocarbonyl (C=S) groups is 1. The molecule has 1 aliphatic heterocycles. The molecule has 0 radical (unpaired) electrons. The summed E-state index contributed by atoms with van der Waals surface area (Å²) in [6.45, 7) is 1.99. The van der Waals surface area contributed by atoms with Gasteiger partial charge in [-0.15, -0.1) is 0 Å². The van der Waals surface area contributed by atoms with Crippen LogP contribution < -0.4 is 10.2 Å². The lowest BCUT2D eigenvalue weighted by Crippen LogP contribution is -2.30. The van der Waals surface area contributed by atoms with Gasteiger partial charge in [0.1, 0.15) is 11.9 Å². The molecule has 0 amide bonds. The summed E-state index contributed by atoms with van der Waals surface area (Å²) in [5, 5.41) is 3.80. The van der Waals surface area contributed by atoms with Crippen LogP contribution in [0.4, 0.5) is 10.1 Å². The molecule has 6 heteroatoms. The van der Waals surface area contributed by atoms with Gasteiger partial charge in [0.05, 0.1) is 17.4 Å².